The zero-order valence-electron chi connectivity index (χ0n) is 10.4. The van der Waals surface area contributed by atoms with E-state index in [-0.39, 0.29) is 5.78 Å². The molecule has 18 heavy (non-hydrogen) atoms. The largest absolute Gasteiger partial charge is 0.296 e. The second-order valence-corrected chi connectivity index (χ2v) is 4.93. The fourth-order valence-electron chi connectivity index (χ4n) is 1.66. The first-order chi connectivity index (χ1) is 8.67. The summed E-state index contributed by atoms with van der Waals surface area (Å²) in [5.41, 5.74) is 0.760. The van der Waals surface area contributed by atoms with Crippen molar-refractivity contribution in [3.63, 3.8) is 0 Å². The van der Waals surface area contributed by atoms with Crippen molar-refractivity contribution in [1.29, 1.82) is 0 Å². The van der Waals surface area contributed by atoms with Crippen LogP contribution in [-0.4, -0.2) is 30.3 Å². The molecule has 0 amide bonds. The third-order valence-corrected chi connectivity index (χ3v) is 3.12. The van der Waals surface area contributed by atoms with Crippen LogP contribution in [0.15, 0.2) is 54.0 Å². The van der Waals surface area contributed by atoms with Gasteiger partial charge in [-0.15, -0.1) is 13.2 Å². The highest BCUT2D eigenvalue weighted by atomic mass is 79.9. The number of nitrogens with zero attached hydrogens (tertiary/aromatic N) is 1. The molecule has 0 radical (unpaired) electrons. The molecule has 0 heterocycles. The Balaban J connectivity index is 2.51. The second kappa shape index (κ2) is 8.01. The van der Waals surface area contributed by atoms with Crippen molar-refractivity contribution in [2.45, 2.75) is 6.42 Å². The molecule has 0 N–H and O–H groups in total. The Morgan fingerprint density at radius 3 is 2.22 bits per heavy atom. The highest BCUT2D eigenvalue weighted by Gasteiger charge is 2.08. The van der Waals surface area contributed by atoms with Gasteiger partial charge in [0.25, 0.3) is 0 Å². The molecule has 1 aromatic rings. The van der Waals surface area contributed by atoms with Crippen molar-refractivity contribution >= 4 is 21.7 Å². The minimum atomic E-state index is 0.167. The Bertz CT molecular complexity index is 401. The molecule has 0 fully saturated rings. The van der Waals surface area contributed by atoms with E-state index in [9.17, 15) is 4.79 Å². The lowest BCUT2D eigenvalue weighted by molar-refractivity contribution is 0.0968. The third-order valence-electron chi connectivity index (χ3n) is 2.60. The highest BCUT2D eigenvalue weighted by molar-refractivity contribution is 9.10. The smallest absolute Gasteiger partial charge is 0.164 e. The first kappa shape index (κ1) is 14.9. The zero-order chi connectivity index (χ0) is 13.4. The van der Waals surface area contributed by atoms with Gasteiger partial charge >= 0.3 is 0 Å². The van der Waals surface area contributed by atoms with Crippen LogP contribution in [0.1, 0.15) is 16.8 Å². The van der Waals surface area contributed by atoms with Gasteiger partial charge in [-0.25, -0.2) is 0 Å². The fourth-order valence-corrected chi connectivity index (χ4v) is 1.93. The number of carbonyl (C=O) groups is 1. The van der Waals surface area contributed by atoms with Crippen LogP contribution in [0.3, 0.4) is 0 Å². The van der Waals surface area contributed by atoms with Crippen molar-refractivity contribution in [3.05, 3.63) is 59.6 Å². The first-order valence-corrected chi connectivity index (χ1v) is 6.69. The molecule has 1 aromatic carbocycles. The highest BCUT2D eigenvalue weighted by Crippen LogP contribution is 2.12. The Morgan fingerprint density at radius 2 is 1.72 bits per heavy atom. The number of Topliss-reactive ketones (excluding diaryl/α,β-unsaturated/α-hetero) is 1. The number of hydrogen-bond donors (Lipinski definition) is 0. The van der Waals surface area contributed by atoms with Crippen molar-refractivity contribution in [3.8, 4) is 0 Å². The maximum absolute atomic E-state index is 12.0. The SMILES string of the molecule is C=CCN(CC=C)CCC(=O)c1ccc(Br)cc1. The lowest BCUT2D eigenvalue weighted by Crippen LogP contribution is -2.26. The quantitative estimate of drug-likeness (QED) is 0.539. The molecule has 0 saturated heterocycles. The standard InChI is InChI=1S/C15H18BrNO/c1-3-10-17(11-4-2)12-9-15(18)13-5-7-14(16)8-6-13/h3-8H,1-2,9-12H2. The number of hydrogen-bond acceptors (Lipinski definition) is 2. The molecule has 0 aliphatic rings. The van der Waals surface area contributed by atoms with Crippen LogP contribution in [0.25, 0.3) is 0 Å². The summed E-state index contributed by atoms with van der Waals surface area (Å²) >= 11 is 3.36. The molecule has 96 valence electrons. The molecule has 0 aliphatic carbocycles. The van der Waals surface area contributed by atoms with Crippen molar-refractivity contribution < 1.29 is 4.79 Å². The molecule has 0 saturated carbocycles. The summed E-state index contributed by atoms with van der Waals surface area (Å²) in [5, 5.41) is 0. The minimum Gasteiger partial charge on any atom is -0.296 e. The Kier molecular flexibility index (Phi) is 6.61. The number of ketones is 1. The molecule has 1 rings (SSSR count). The molecule has 3 heteroatoms. The van der Waals surface area contributed by atoms with E-state index in [0.717, 1.165) is 29.7 Å². The minimum absolute atomic E-state index is 0.167. The number of benzene rings is 1. The molecule has 0 unspecified atom stereocenters. The van der Waals surface area contributed by atoms with Crippen molar-refractivity contribution in [2.75, 3.05) is 19.6 Å². The lowest BCUT2D eigenvalue weighted by atomic mass is 10.1. The van der Waals surface area contributed by atoms with E-state index in [4.69, 9.17) is 0 Å². The maximum Gasteiger partial charge on any atom is 0.164 e. The molecule has 0 aromatic heterocycles. The van der Waals surface area contributed by atoms with Gasteiger partial charge in [-0.05, 0) is 12.1 Å². The Labute approximate surface area is 117 Å². The van der Waals surface area contributed by atoms with Gasteiger partial charge in [-0.3, -0.25) is 9.69 Å². The summed E-state index contributed by atoms with van der Waals surface area (Å²) in [6.07, 6.45) is 4.20. The van der Waals surface area contributed by atoms with E-state index >= 15 is 0 Å². The van der Waals surface area contributed by atoms with Crippen LogP contribution in [0.2, 0.25) is 0 Å². The Hall–Kier alpha value is -1.19. The number of rotatable bonds is 8. The predicted octanol–water partition coefficient (Wildman–Crippen LogP) is 3.70. The third kappa shape index (κ3) is 4.98. The number of carbonyl (C=O) groups excluding carboxylic acids is 1. The predicted molar refractivity (Wildman–Crippen MR) is 79.9 cm³/mol. The van der Waals surface area contributed by atoms with Crippen LogP contribution in [0.5, 0.6) is 0 Å². The van der Waals surface area contributed by atoms with Gasteiger partial charge in [0.15, 0.2) is 5.78 Å². The summed E-state index contributed by atoms with van der Waals surface area (Å²) < 4.78 is 0.985. The van der Waals surface area contributed by atoms with Gasteiger partial charge in [0.2, 0.25) is 0 Å². The summed E-state index contributed by atoms with van der Waals surface area (Å²) in [7, 11) is 0. The van der Waals surface area contributed by atoms with Gasteiger partial charge in [0.1, 0.15) is 0 Å². The van der Waals surface area contributed by atoms with Gasteiger partial charge in [-0.1, -0.05) is 40.2 Å². The molecular formula is C15H18BrNO. The lowest BCUT2D eigenvalue weighted by Gasteiger charge is -2.17. The molecule has 0 aliphatic heterocycles. The van der Waals surface area contributed by atoms with Crippen LogP contribution < -0.4 is 0 Å². The summed E-state index contributed by atoms with van der Waals surface area (Å²) in [6.45, 7) is 9.71. The van der Waals surface area contributed by atoms with E-state index in [1.807, 2.05) is 36.4 Å². The van der Waals surface area contributed by atoms with Crippen LogP contribution >= 0.6 is 15.9 Å². The van der Waals surface area contributed by atoms with E-state index in [0.29, 0.717) is 6.42 Å². The van der Waals surface area contributed by atoms with Crippen LogP contribution in [0, 0.1) is 0 Å². The molecule has 0 bridgehead atoms. The van der Waals surface area contributed by atoms with Gasteiger partial charge < -0.3 is 0 Å². The fraction of sp³-hybridized carbons (Fsp3) is 0.267. The van der Waals surface area contributed by atoms with E-state index in [1.54, 1.807) is 0 Å². The van der Waals surface area contributed by atoms with Crippen molar-refractivity contribution in [2.24, 2.45) is 0 Å². The van der Waals surface area contributed by atoms with E-state index in [2.05, 4.69) is 34.0 Å². The van der Waals surface area contributed by atoms with Crippen LogP contribution in [-0.2, 0) is 0 Å². The second-order valence-electron chi connectivity index (χ2n) is 4.02. The Morgan fingerprint density at radius 1 is 1.17 bits per heavy atom. The molecular weight excluding hydrogens is 290 g/mol. The first-order valence-electron chi connectivity index (χ1n) is 5.90. The number of halogens is 1. The monoisotopic (exact) mass is 307 g/mol. The topological polar surface area (TPSA) is 20.3 Å². The average molecular weight is 308 g/mol. The average Bonchev–Trinajstić information content (AvgIpc) is 2.37. The summed E-state index contributed by atoms with van der Waals surface area (Å²) in [4.78, 5) is 14.1. The van der Waals surface area contributed by atoms with Crippen LogP contribution in [0.4, 0.5) is 0 Å². The van der Waals surface area contributed by atoms with Gasteiger partial charge in [-0.2, -0.15) is 0 Å². The van der Waals surface area contributed by atoms with Crippen molar-refractivity contribution in [1.82, 2.24) is 4.90 Å². The van der Waals surface area contributed by atoms with E-state index in [1.165, 1.54) is 0 Å². The zero-order valence-corrected chi connectivity index (χ0v) is 12.0. The normalized spacial score (nSPS) is 10.3. The molecule has 2 nitrogen and oxygen atoms in total. The maximum atomic E-state index is 12.0. The molecule has 0 atom stereocenters. The van der Waals surface area contributed by atoms with Gasteiger partial charge in [0, 0.05) is 36.1 Å². The molecule has 0 spiro atoms. The summed E-state index contributed by atoms with van der Waals surface area (Å²) in [5.74, 6) is 0.167. The summed E-state index contributed by atoms with van der Waals surface area (Å²) in [6, 6.07) is 7.46. The van der Waals surface area contributed by atoms with E-state index < -0.39 is 0 Å². The van der Waals surface area contributed by atoms with Gasteiger partial charge in [0.05, 0.1) is 0 Å².